The molecule has 20 heavy (non-hydrogen) atoms. The molecule has 0 fully saturated rings. The lowest BCUT2D eigenvalue weighted by molar-refractivity contribution is -0.0498. The van der Waals surface area contributed by atoms with Gasteiger partial charge >= 0.3 is 6.61 Å². The van der Waals surface area contributed by atoms with Gasteiger partial charge in [-0.15, -0.1) is 0 Å². The number of hydrogen-bond donors (Lipinski definition) is 1. The van der Waals surface area contributed by atoms with Crippen LogP contribution in [0.2, 0.25) is 0 Å². The second-order valence-corrected chi connectivity index (χ2v) is 5.20. The summed E-state index contributed by atoms with van der Waals surface area (Å²) in [6.07, 6.45) is 0.663. The van der Waals surface area contributed by atoms with Gasteiger partial charge in [0.25, 0.3) is 0 Å². The Balaban J connectivity index is 2.06. The van der Waals surface area contributed by atoms with Gasteiger partial charge in [0.1, 0.15) is 5.75 Å². The molecular weight excluding hydrogens is 328 g/mol. The molecule has 2 aromatic rings. The fraction of sp³-hybridized carbons (Fsp3) is 0.200. The van der Waals surface area contributed by atoms with E-state index in [-0.39, 0.29) is 11.8 Å². The second kappa shape index (κ2) is 6.81. The largest absolute Gasteiger partial charge is 0.435 e. The molecule has 0 aliphatic rings. The maximum absolute atomic E-state index is 12.1. The first-order valence-electron chi connectivity index (χ1n) is 6.10. The van der Waals surface area contributed by atoms with E-state index in [4.69, 9.17) is 5.73 Å². The highest BCUT2D eigenvalue weighted by Gasteiger charge is 2.10. The van der Waals surface area contributed by atoms with Crippen LogP contribution in [-0.4, -0.2) is 6.61 Å². The van der Waals surface area contributed by atoms with E-state index in [0.29, 0.717) is 6.42 Å². The van der Waals surface area contributed by atoms with E-state index >= 15 is 0 Å². The maximum atomic E-state index is 12.1. The minimum atomic E-state index is -2.81. The van der Waals surface area contributed by atoms with Crippen LogP contribution in [0.4, 0.5) is 8.78 Å². The smallest absolute Gasteiger partial charge is 0.387 e. The first-order valence-corrected chi connectivity index (χ1v) is 6.89. The van der Waals surface area contributed by atoms with E-state index in [9.17, 15) is 8.78 Å². The van der Waals surface area contributed by atoms with Crippen molar-refractivity contribution in [2.75, 3.05) is 0 Å². The summed E-state index contributed by atoms with van der Waals surface area (Å²) in [7, 11) is 0. The van der Waals surface area contributed by atoms with Gasteiger partial charge < -0.3 is 10.5 Å². The van der Waals surface area contributed by atoms with Gasteiger partial charge in [-0.05, 0) is 35.7 Å². The summed E-state index contributed by atoms with van der Waals surface area (Å²) in [5.41, 5.74) is 8.12. The van der Waals surface area contributed by atoms with E-state index in [0.717, 1.165) is 15.6 Å². The Morgan fingerprint density at radius 2 is 1.70 bits per heavy atom. The van der Waals surface area contributed by atoms with Gasteiger partial charge in [0, 0.05) is 10.5 Å². The first-order chi connectivity index (χ1) is 9.56. The number of ether oxygens (including phenoxy) is 1. The second-order valence-electron chi connectivity index (χ2n) is 4.35. The summed E-state index contributed by atoms with van der Waals surface area (Å²) in [5.74, 6) is 0.136. The highest BCUT2D eigenvalue weighted by Crippen LogP contribution is 2.24. The van der Waals surface area contributed by atoms with Crippen LogP contribution in [0.5, 0.6) is 5.75 Å². The van der Waals surface area contributed by atoms with Crippen LogP contribution in [0.25, 0.3) is 0 Å². The van der Waals surface area contributed by atoms with Gasteiger partial charge in [-0.25, -0.2) is 0 Å². The zero-order chi connectivity index (χ0) is 14.5. The number of hydrogen-bond acceptors (Lipinski definition) is 2. The molecular formula is C15H14BrF2NO. The molecule has 0 aliphatic carbocycles. The van der Waals surface area contributed by atoms with E-state index in [2.05, 4.69) is 20.7 Å². The Morgan fingerprint density at radius 1 is 1.05 bits per heavy atom. The SMILES string of the molecule is NC(Cc1ccccc1Br)c1ccc(OC(F)F)cc1. The molecule has 1 atom stereocenters. The molecule has 2 N–H and O–H groups in total. The number of nitrogens with two attached hydrogens (primary N) is 1. The van der Waals surface area contributed by atoms with Crippen LogP contribution < -0.4 is 10.5 Å². The monoisotopic (exact) mass is 341 g/mol. The van der Waals surface area contributed by atoms with Crippen LogP contribution in [0, 0.1) is 0 Å². The average Bonchev–Trinajstić information content (AvgIpc) is 2.41. The van der Waals surface area contributed by atoms with Crippen LogP contribution in [0.3, 0.4) is 0 Å². The van der Waals surface area contributed by atoms with E-state index in [1.807, 2.05) is 24.3 Å². The zero-order valence-corrected chi connectivity index (χ0v) is 12.2. The molecule has 0 bridgehead atoms. The molecule has 0 aromatic heterocycles. The number of benzene rings is 2. The minimum absolute atomic E-state index is 0.136. The third-order valence-corrected chi connectivity index (χ3v) is 3.70. The molecule has 2 nitrogen and oxygen atoms in total. The van der Waals surface area contributed by atoms with Gasteiger partial charge in [0.2, 0.25) is 0 Å². The Kier molecular flexibility index (Phi) is 5.09. The lowest BCUT2D eigenvalue weighted by atomic mass is 10.00. The predicted molar refractivity (Wildman–Crippen MR) is 77.8 cm³/mol. The van der Waals surface area contributed by atoms with E-state index in [1.54, 1.807) is 12.1 Å². The Hall–Kier alpha value is -1.46. The number of rotatable bonds is 5. The van der Waals surface area contributed by atoms with Crippen molar-refractivity contribution in [2.24, 2.45) is 5.73 Å². The summed E-state index contributed by atoms with van der Waals surface area (Å²) in [6, 6.07) is 14.1. The molecule has 0 saturated carbocycles. The van der Waals surface area contributed by atoms with Gasteiger partial charge in [0.05, 0.1) is 0 Å². The van der Waals surface area contributed by atoms with E-state index in [1.165, 1.54) is 12.1 Å². The van der Waals surface area contributed by atoms with Gasteiger partial charge in [-0.3, -0.25) is 0 Å². The Labute approximate surface area is 124 Å². The molecule has 0 radical (unpaired) electrons. The van der Waals surface area contributed by atoms with Crippen molar-refractivity contribution in [3.8, 4) is 5.75 Å². The van der Waals surface area contributed by atoms with Crippen molar-refractivity contribution in [1.29, 1.82) is 0 Å². The Bertz CT molecular complexity index is 560. The summed E-state index contributed by atoms with van der Waals surface area (Å²) in [4.78, 5) is 0. The molecule has 0 amide bonds. The van der Waals surface area contributed by atoms with Crippen LogP contribution in [0.1, 0.15) is 17.2 Å². The van der Waals surface area contributed by atoms with E-state index < -0.39 is 6.61 Å². The molecule has 2 rings (SSSR count). The normalized spacial score (nSPS) is 12.4. The highest BCUT2D eigenvalue weighted by molar-refractivity contribution is 9.10. The molecule has 5 heteroatoms. The lowest BCUT2D eigenvalue weighted by Crippen LogP contribution is -2.13. The molecule has 0 aliphatic heterocycles. The summed E-state index contributed by atoms with van der Waals surface area (Å²) in [5, 5.41) is 0. The molecule has 106 valence electrons. The van der Waals surface area contributed by atoms with Crippen molar-refractivity contribution in [1.82, 2.24) is 0 Å². The molecule has 0 saturated heterocycles. The van der Waals surface area contributed by atoms with Gasteiger partial charge in [0.15, 0.2) is 0 Å². The highest BCUT2D eigenvalue weighted by atomic mass is 79.9. The molecule has 0 heterocycles. The summed E-state index contributed by atoms with van der Waals surface area (Å²) in [6.45, 7) is -2.81. The number of halogens is 3. The predicted octanol–water partition coefficient (Wildman–Crippen LogP) is 4.29. The average molecular weight is 342 g/mol. The quantitative estimate of drug-likeness (QED) is 0.880. The maximum Gasteiger partial charge on any atom is 0.387 e. The third kappa shape index (κ3) is 4.02. The van der Waals surface area contributed by atoms with Crippen LogP contribution in [0.15, 0.2) is 53.0 Å². The molecule has 2 aromatic carbocycles. The first kappa shape index (κ1) is 14.9. The standard InChI is InChI=1S/C15H14BrF2NO/c16-13-4-2-1-3-11(13)9-14(19)10-5-7-12(8-6-10)20-15(17)18/h1-8,14-15H,9,19H2. The van der Waals surface area contributed by atoms with Crippen molar-refractivity contribution >= 4 is 15.9 Å². The van der Waals surface area contributed by atoms with Crippen molar-refractivity contribution in [3.63, 3.8) is 0 Å². The minimum Gasteiger partial charge on any atom is -0.435 e. The Morgan fingerprint density at radius 3 is 2.30 bits per heavy atom. The summed E-state index contributed by atoms with van der Waals surface area (Å²) < 4.78 is 29.4. The molecule has 0 spiro atoms. The van der Waals surface area contributed by atoms with Crippen LogP contribution >= 0.6 is 15.9 Å². The lowest BCUT2D eigenvalue weighted by Gasteiger charge is -2.14. The fourth-order valence-electron chi connectivity index (χ4n) is 1.92. The number of alkyl halides is 2. The third-order valence-electron chi connectivity index (χ3n) is 2.93. The van der Waals surface area contributed by atoms with Gasteiger partial charge in [-0.1, -0.05) is 46.3 Å². The van der Waals surface area contributed by atoms with Crippen molar-refractivity contribution in [2.45, 2.75) is 19.1 Å². The summed E-state index contributed by atoms with van der Waals surface area (Å²) >= 11 is 3.48. The fourth-order valence-corrected chi connectivity index (χ4v) is 2.36. The molecule has 1 unspecified atom stereocenters. The van der Waals surface area contributed by atoms with Gasteiger partial charge in [-0.2, -0.15) is 8.78 Å². The zero-order valence-electron chi connectivity index (χ0n) is 10.6. The van der Waals surface area contributed by atoms with Crippen molar-refractivity contribution < 1.29 is 13.5 Å². The van der Waals surface area contributed by atoms with Crippen molar-refractivity contribution in [3.05, 3.63) is 64.1 Å². The topological polar surface area (TPSA) is 35.2 Å². The van der Waals surface area contributed by atoms with Crippen LogP contribution in [-0.2, 0) is 6.42 Å².